The number of amides is 1. The fraction of sp³-hybridized carbons (Fsp3) is 0.273. The van der Waals surface area contributed by atoms with Crippen molar-refractivity contribution in [2.45, 2.75) is 10.8 Å². The minimum absolute atomic E-state index is 0.0542. The first-order valence-corrected chi connectivity index (χ1v) is 7.21. The number of rotatable bonds is 4. The average Bonchev–Trinajstić information content (AvgIpc) is 2.71. The Bertz CT molecular complexity index is 538. The average molecular weight is 267 g/mol. The maximum Gasteiger partial charge on any atom is 0.225 e. The Hall–Kier alpha value is -1.11. The Morgan fingerprint density at radius 2 is 2.41 bits per heavy atom. The minimum atomic E-state index is -0.0542. The predicted octanol–water partition coefficient (Wildman–Crippen LogP) is 2.31. The van der Waals surface area contributed by atoms with Crippen LogP contribution in [0.1, 0.15) is 6.42 Å². The van der Waals surface area contributed by atoms with Gasteiger partial charge < -0.3 is 11.1 Å². The predicted molar refractivity (Wildman–Crippen MR) is 73.7 cm³/mol. The summed E-state index contributed by atoms with van der Waals surface area (Å²) in [5.41, 5.74) is 7.09. The molecule has 17 heavy (non-hydrogen) atoms. The number of thioether (sulfide) groups is 1. The molecule has 0 fully saturated rings. The number of anilines is 1. The number of benzene rings is 1. The van der Waals surface area contributed by atoms with E-state index in [9.17, 15) is 4.79 Å². The molecule has 0 aliphatic heterocycles. The molecule has 0 saturated heterocycles. The van der Waals surface area contributed by atoms with Crippen molar-refractivity contribution < 1.29 is 4.79 Å². The number of hydrogen-bond donors (Lipinski definition) is 2. The van der Waals surface area contributed by atoms with Crippen LogP contribution in [-0.4, -0.2) is 23.7 Å². The number of nitrogens with one attached hydrogen (secondary N) is 1. The molecule has 6 heteroatoms. The van der Waals surface area contributed by atoms with Crippen molar-refractivity contribution in [1.82, 2.24) is 4.98 Å². The summed E-state index contributed by atoms with van der Waals surface area (Å²) in [5.74, 6) is -0.0542. The number of nitrogens with two attached hydrogens (primary N) is 1. The molecule has 1 aromatic carbocycles. The Morgan fingerprint density at radius 3 is 3.12 bits per heavy atom. The van der Waals surface area contributed by atoms with Gasteiger partial charge >= 0.3 is 0 Å². The van der Waals surface area contributed by atoms with Crippen molar-refractivity contribution in [3.05, 3.63) is 18.2 Å². The van der Waals surface area contributed by atoms with Gasteiger partial charge in [0.15, 0.2) is 4.34 Å². The summed E-state index contributed by atoms with van der Waals surface area (Å²) in [5, 5.41) is 2.82. The lowest BCUT2D eigenvalue weighted by Crippen LogP contribution is -2.15. The summed E-state index contributed by atoms with van der Waals surface area (Å²) in [6, 6.07) is 5.73. The molecule has 4 nitrogen and oxygen atoms in total. The SMILES string of the molecule is CSc1nc2ccc(NC(=O)CCN)cc2s1. The van der Waals surface area contributed by atoms with E-state index >= 15 is 0 Å². The van der Waals surface area contributed by atoms with E-state index in [4.69, 9.17) is 5.73 Å². The van der Waals surface area contributed by atoms with E-state index in [2.05, 4.69) is 10.3 Å². The molecular weight excluding hydrogens is 254 g/mol. The van der Waals surface area contributed by atoms with Crippen molar-refractivity contribution in [1.29, 1.82) is 0 Å². The maximum absolute atomic E-state index is 11.4. The quantitative estimate of drug-likeness (QED) is 0.834. The molecule has 2 aromatic rings. The number of carbonyl (C=O) groups is 1. The van der Waals surface area contributed by atoms with Crippen molar-refractivity contribution in [3.8, 4) is 0 Å². The summed E-state index contributed by atoms with van der Waals surface area (Å²) >= 11 is 3.25. The largest absolute Gasteiger partial charge is 0.330 e. The summed E-state index contributed by atoms with van der Waals surface area (Å²) < 4.78 is 2.12. The van der Waals surface area contributed by atoms with E-state index in [1.54, 1.807) is 23.1 Å². The van der Waals surface area contributed by atoms with Gasteiger partial charge in [-0.15, -0.1) is 11.3 Å². The normalized spacial score (nSPS) is 10.7. The first-order valence-electron chi connectivity index (χ1n) is 5.17. The van der Waals surface area contributed by atoms with Crippen LogP contribution in [0.25, 0.3) is 10.2 Å². The number of thiazole rings is 1. The highest BCUT2D eigenvalue weighted by Crippen LogP contribution is 2.29. The third kappa shape index (κ3) is 2.96. The Balaban J connectivity index is 2.21. The standard InChI is InChI=1S/C11H13N3OS2/c1-16-11-14-8-3-2-7(6-9(8)17-11)13-10(15)4-5-12/h2-3,6H,4-5,12H2,1H3,(H,13,15). The van der Waals surface area contributed by atoms with Gasteiger partial charge in [0.05, 0.1) is 10.2 Å². The van der Waals surface area contributed by atoms with Gasteiger partial charge in [-0.3, -0.25) is 4.79 Å². The van der Waals surface area contributed by atoms with Crippen LogP contribution in [0.15, 0.2) is 22.5 Å². The Kier molecular flexibility index (Phi) is 3.98. The van der Waals surface area contributed by atoms with Crippen LogP contribution in [0.4, 0.5) is 5.69 Å². The Morgan fingerprint density at radius 1 is 1.59 bits per heavy atom. The molecule has 1 heterocycles. The Labute approximate surface area is 108 Å². The second-order valence-electron chi connectivity index (χ2n) is 3.45. The lowest BCUT2D eigenvalue weighted by atomic mass is 10.3. The van der Waals surface area contributed by atoms with Gasteiger partial charge in [0.1, 0.15) is 0 Å². The zero-order valence-corrected chi connectivity index (χ0v) is 11.0. The van der Waals surface area contributed by atoms with Crippen LogP contribution >= 0.6 is 23.1 Å². The third-order valence-corrected chi connectivity index (χ3v) is 4.20. The van der Waals surface area contributed by atoms with Crippen LogP contribution in [0.2, 0.25) is 0 Å². The minimum Gasteiger partial charge on any atom is -0.330 e. The summed E-state index contributed by atoms with van der Waals surface area (Å²) in [7, 11) is 0. The molecule has 0 spiro atoms. The van der Waals surface area contributed by atoms with Gasteiger partial charge in [-0.05, 0) is 24.5 Å². The molecule has 0 atom stereocenters. The molecule has 0 aliphatic carbocycles. The second-order valence-corrected chi connectivity index (χ2v) is 5.54. The molecular formula is C11H13N3OS2. The summed E-state index contributed by atoms with van der Waals surface area (Å²) in [6.07, 6.45) is 2.35. The van der Waals surface area contributed by atoms with Crippen LogP contribution in [0.5, 0.6) is 0 Å². The van der Waals surface area contributed by atoms with Crippen LogP contribution in [0.3, 0.4) is 0 Å². The highest BCUT2D eigenvalue weighted by Gasteiger charge is 2.05. The second kappa shape index (κ2) is 5.48. The molecule has 1 amide bonds. The van der Waals surface area contributed by atoms with E-state index < -0.39 is 0 Å². The lowest BCUT2D eigenvalue weighted by molar-refractivity contribution is -0.116. The van der Waals surface area contributed by atoms with Gasteiger partial charge in [-0.1, -0.05) is 11.8 Å². The highest BCUT2D eigenvalue weighted by atomic mass is 32.2. The van der Waals surface area contributed by atoms with Gasteiger partial charge in [-0.25, -0.2) is 4.98 Å². The van der Waals surface area contributed by atoms with E-state index in [1.807, 2.05) is 24.5 Å². The summed E-state index contributed by atoms with van der Waals surface area (Å²) in [6.45, 7) is 0.366. The maximum atomic E-state index is 11.4. The smallest absolute Gasteiger partial charge is 0.225 e. The molecule has 0 aliphatic rings. The number of aromatic nitrogens is 1. The molecule has 1 aromatic heterocycles. The third-order valence-electron chi connectivity index (χ3n) is 2.20. The lowest BCUT2D eigenvalue weighted by Gasteiger charge is -2.03. The first kappa shape index (κ1) is 12.3. The molecule has 2 rings (SSSR count). The van der Waals surface area contributed by atoms with Crippen molar-refractivity contribution in [2.75, 3.05) is 18.1 Å². The fourth-order valence-corrected chi connectivity index (χ4v) is 2.95. The molecule has 0 unspecified atom stereocenters. The number of nitrogens with zero attached hydrogens (tertiary/aromatic N) is 1. The van der Waals surface area contributed by atoms with E-state index in [1.165, 1.54) is 0 Å². The van der Waals surface area contributed by atoms with Gasteiger partial charge in [0, 0.05) is 18.7 Å². The molecule has 0 radical (unpaired) electrons. The van der Waals surface area contributed by atoms with Crippen molar-refractivity contribution in [2.24, 2.45) is 5.73 Å². The number of carbonyl (C=O) groups excluding carboxylic acids is 1. The first-order chi connectivity index (χ1) is 8.22. The van der Waals surface area contributed by atoms with E-state index in [-0.39, 0.29) is 5.91 Å². The van der Waals surface area contributed by atoms with Gasteiger partial charge in [0.25, 0.3) is 0 Å². The van der Waals surface area contributed by atoms with E-state index in [0.29, 0.717) is 13.0 Å². The fourth-order valence-electron chi connectivity index (χ4n) is 1.42. The van der Waals surface area contributed by atoms with Crippen LogP contribution in [-0.2, 0) is 4.79 Å². The molecule has 0 bridgehead atoms. The number of hydrogen-bond acceptors (Lipinski definition) is 5. The highest BCUT2D eigenvalue weighted by molar-refractivity contribution is 8.00. The molecule has 3 N–H and O–H groups in total. The molecule has 0 saturated carbocycles. The zero-order chi connectivity index (χ0) is 12.3. The van der Waals surface area contributed by atoms with Crippen molar-refractivity contribution >= 4 is 44.9 Å². The van der Waals surface area contributed by atoms with Crippen molar-refractivity contribution in [3.63, 3.8) is 0 Å². The zero-order valence-electron chi connectivity index (χ0n) is 9.40. The van der Waals surface area contributed by atoms with E-state index in [0.717, 1.165) is 20.2 Å². The van der Waals surface area contributed by atoms with Crippen LogP contribution in [0, 0.1) is 0 Å². The molecule has 90 valence electrons. The number of fused-ring (bicyclic) bond motifs is 1. The van der Waals surface area contributed by atoms with Crippen LogP contribution < -0.4 is 11.1 Å². The summed E-state index contributed by atoms with van der Waals surface area (Å²) in [4.78, 5) is 15.8. The van der Waals surface area contributed by atoms with Gasteiger partial charge in [-0.2, -0.15) is 0 Å². The van der Waals surface area contributed by atoms with Gasteiger partial charge in [0.2, 0.25) is 5.91 Å². The monoisotopic (exact) mass is 267 g/mol. The topological polar surface area (TPSA) is 68.0 Å².